The van der Waals surface area contributed by atoms with E-state index in [0.717, 1.165) is 44.6 Å². The van der Waals surface area contributed by atoms with E-state index in [1.54, 1.807) is 0 Å². The fraction of sp³-hybridized carbons (Fsp3) is 0.938. The van der Waals surface area contributed by atoms with Crippen LogP contribution in [0.1, 0.15) is 53.4 Å². The number of aliphatic imine (C=N–C) groups is 1. The van der Waals surface area contributed by atoms with Gasteiger partial charge in [-0.15, -0.1) is 24.0 Å². The van der Waals surface area contributed by atoms with Crippen molar-refractivity contribution >= 4 is 29.9 Å². The minimum Gasteiger partial charge on any atom is -0.381 e. The molecule has 2 atom stereocenters. The zero-order valence-corrected chi connectivity index (χ0v) is 16.5. The Labute approximate surface area is 147 Å². The molecule has 1 rings (SSSR count). The second-order valence-corrected chi connectivity index (χ2v) is 6.12. The van der Waals surface area contributed by atoms with Crippen molar-refractivity contribution in [2.75, 3.05) is 26.3 Å². The molecule has 0 heterocycles. The van der Waals surface area contributed by atoms with E-state index < -0.39 is 0 Å². The lowest BCUT2D eigenvalue weighted by Crippen LogP contribution is -2.39. The van der Waals surface area contributed by atoms with Crippen molar-refractivity contribution < 1.29 is 4.74 Å². The SMILES string of the molecule is CCCC1CC1NC(=NCCCOCC(C)C)NCC.I. The maximum absolute atomic E-state index is 5.57. The average Bonchev–Trinajstić information content (AvgIpc) is 3.12. The van der Waals surface area contributed by atoms with Gasteiger partial charge < -0.3 is 15.4 Å². The molecule has 0 aliphatic heterocycles. The van der Waals surface area contributed by atoms with Gasteiger partial charge >= 0.3 is 0 Å². The highest BCUT2D eigenvalue weighted by Gasteiger charge is 2.36. The van der Waals surface area contributed by atoms with Crippen molar-refractivity contribution in [3.8, 4) is 0 Å². The van der Waals surface area contributed by atoms with Crippen LogP contribution in [0.15, 0.2) is 4.99 Å². The molecule has 1 aliphatic carbocycles. The molecule has 0 aromatic heterocycles. The van der Waals surface area contributed by atoms with Crippen molar-refractivity contribution in [1.29, 1.82) is 0 Å². The Morgan fingerprint density at radius 1 is 1.33 bits per heavy atom. The number of hydrogen-bond donors (Lipinski definition) is 2. The number of nitrogens with one attached hydrogen (secondary N) is 2. The zero-order valence-electron chi connectivity index (χ0n) is 14.2. The number of guanidine groups is 1. The van der Waals surface area contributed by atoms with Gasteiger partial charge in [-0.25, -0.2) is 0 Å². The summed E-state index contributed by atoms with van der Waals surface area (Å²) in [6, 6.07) is 0.643. The predicted molar refractivity (Wildman–Crippen MR) is 102 cm³/mol. The predicted octanol–water partition coefficient (Wildman–Crippen LogP) is 3.41. The molecule has 126 valence electrons. The van der Waals surface area contributed by atoms with E-state index in [2.05, 4.69) is 43.3 Å². The van der Waals surface area contributed by atoms with Crippen molar-refractivity contribution in [2.24, 2.45) is 16.8 Å². The summed E-state index contributed by atoms with van der Waals surface area (Å²) in [5.74, 6) is 2.45. The molecule has 1 aliphatic rings. The Morgan fingerprint density at radius 3 is 2.71 bits per heavy atom. The first kappa shape index (κ1) is 21.0. The molecule has 0 radical (unpaired) electrons. The van der Waals surface area contributed by atoms with Crippen LogP contribution in [0, 0.1) is 11.8 Å². The highest BCUT2D eigenvalue weighted by molar-refractivity contribution is 14.0. The highest BCUT2D eigenvalue weighted by atomic mass is 127. The first-order valence-electron chi connectivity index (χ1n) is 8.29. The van der Waals surface area contributed by atoms with Crippen LogP contribution in [0.5, 0.6) is 0 Å². The van der Waals surface area contributed by atoms with E-state index in [9.17, 15) is 0 Å². The van der Waals surface area contributed by atoms with E-state index in [0.29, 0.717) is 12.0 Å². The van der Waals surface area contributed by atoms with Crippen LogP contribution in [-0.4, -0.2) is 38.3 Å². The van der Waals surface area contributed by atoms with Gasteiger partial charge in [0.15, 0.2) is 5.96 Å². The quantitative estimate of drug-likeness (QED) is 0.251. The lowest BCUT2D eigenvalue weighted by atomic mass is 10.2. The van der Waals surface area contributed by atoms with Crippen LogP contribution in [0.3, 0.4) is 0 Å². The van der Waals surface area contributed by atoms with E-state index in [1.807, 2.05) is 0 Å². The molecule has 2 unspecified atom stereocenters. The summed E-state index contributed by atoms with van der Waals surface area (Å²) in [6.45, 7) is 12.1. The summed E-state index contributed by atoms with van der Waals surface area (Å²) >= 11 is 0. The van der Waals surface area contributed by atoms with Gasteiger partial charge in [0.2, 0.25) is 0 Å². The average molecular weight is 411 g/mol. The largest absolute Gasteiger partial charge is 0.381 e. The van der Waals surface area contributed by atoms with Crippen LogP contribution in [0.4, 0.5) is 0 Å². The highest BCUT2D eigenvalue weighted by Crippen LogP contribution is 2.34. The molecule has 1 saturated carbocycles. The number of halogens is 1. The summed E-state index contributed by atoms with van der Waals surface area (Å²) in [5.41, 5.74) is 0. The minimum atomic E-state index is 0. The van der Waals surface area contributed by atoms with Gasteiger partial charge in [-0.05, 0) is 38.0 Å². The Morgan fingerprint density at radius 2 is 2.10 bits per heavy atom. The van der Waals surface area contributed by atoms with Gasteiger partial charge in [-0.3, -0.25) is 4.99 Å². The number of ether oxygens (including phenoxy) is 1. The molecular formula is C16H34IN3O. The van der Waals surface area contributed by atoms with Gasteiger partial charge in [0.1, 0.15) is 0 Å². The molecule has 0 spiro atoms. The van der Waals surface area contributed by atoms with Gasteiger partial charge in [0, 0.05) is 32.3 Å². The monoisotopic (exact) mass is 411 g/mol. The summed E-state index contributed by atoms with van der Waals surface area (Å²) < 4.78 is 5.57. The van der Waals surface area contributed by atoms with Gasteiger partial charge in [0.05, 0.1) is 0 Å². The normalized spacial score (nSPS) is 21.1. The summed E-state index contributed by atoms with van der Waals surface area (Å²) in [7, 11) is 0. The standard InChI is InChI=1S/C16H33N3O.HI/c1-5-8-14-11-15(14)19-16(17-6-2)18-9-7-10-20-12-13(3)4;/h13-15H,5-12H2,1-4H3,(H2,17,18,19);1H. The maximum atomic E-state index is 5.57. The van der Waals surface area contributed by atoms with Gasteiger partial charge in [-0.1, -0.05) is 27.2 Å². The minimum absolute atomic E-state index is 0. The molecule has 4 nitrogen and oxygen atoms in total. The summed E-state index contributed by atoms with van der Waals surface area (Å²) in [5, 5.41) is 6.86. The fourth-order valence-electron chi connectivity index (χ4n) is 2.29. The second-order valence-electron chi connectivity index (χ2n) is 6.12. The third-order valence-corrected chi connectivity index (χ3v) is 3.42. The lowest BCUT2D eigenvalue weighted by Gasteiger charge is -2.11. The van der Waals surface area contributed by atoms with Crippen LogP contribution < -0.4 is 10.6 Å². The molecule has 0 aromatic carbocycles. The first-order valence-corrected chi connectivity index (χ1v) is 8.29. The van der Waals surface area contributed by atoms with Crippen molar-refractivity contribution in [3.63, 3.8) is 0 Å². The van der Waals surface area contributed by atoms with Crippen LogP contribution in [0.25, 0.3) is 0 Å². The molecule has 21 heavy (non-hydrogen) atoms. The van der Waals surface area contributed by atoms with Crippen molar-refractivity contribution in [2.45, 2.75) is 59.4 Å². The molecular weight excluding hydrogens is 377 g/mol. The van der Waals surface area contributed by atoms with Crippen LogP contribution in [0.2, 0.25) is 0 Å². The number of hydrogen-bond acceptors (Lipinski definition) is 2. The number of rotatable bonds is 10. The molecule has 0 aromatic rings. The summed E-state index contributed by atoms with van der Waals surface area (Å²) in [4.78, 5) is 4.62. The fourth-order valence-corrected chi connectivity index (χ4v) is 2.29. The Kier molecular flexibility index (Phi) is 12.5. The van der Waals surface area contributed by atoms with Crippen molar-refractivity contribution in [3.05, 3.63) is 0 Å². The summed E-state index contributed by atoms with van der Waals surface area (Å²) in [6.07, 6.45) is 4.91. The Bertz CT molecular complexity index is 285. The van der Waals surface area contributed by atoms with E-state index in [-0.39, 0.29) is 24.0 Å². The van der Waals surface area contributed by atoms with Crippen LogP contribution in [-0.2, 0) is 4.74 Å². The lowest BCUT2D eigenvalue weighted by molar-refractivity contribution is 0.109. The second kappa shape index (κ2) is 12.5. The topological polar surface area (TPSA) is 45.7 Å². The molecule has 5 heteroatoms. The van der Waals surface area contributed by atoms with Gasteiger partial charge in [0.25, 0.3) is 0 Å². The third kappa shape index (κ3) is 10.3. The van der Waals surface area contributed by atoms with Crippen molar-refractivity contribution in [1.82, 2.24) is 10.6 Å². The van der Waals surface area contributed by atoms with E-state index in [4.69, 9.17) is 4.74 Å². The molecule has 1 fully saturated rings. The van der Waals surface area contributed by atoms with Gasteiger partial charge in [-0.2, -0.15) is 0 Å². The molecule has 0 saturated heterocycles. The van der Waals surface area contributed by atoms with E-state index in [1.165, 1.54) is 19.3 Å². The Hall–Kier alpha value is -0.0400. The first-order chi connectivity index (χ1) is 9.67. The Balaban J connectivity index is 0.00000400. The zero-order chi connectivity index (χ0) is 14.8. The third-order valence-electron chi connectivity index (χ3n) is 3.42. The van der Waals surface area contributed by atoms with Crippen LogP contribution >= 0.6 is 24.0 Å². The molecule has 2 N–H and O–H groups in total. The molecule has 0 bridgehead atoms. The van der Waals surface area contributed by atoms with E-state index >= 15 is 0 Å². The number of nitrogens with zero attached hydrogens (tertiary/aromatic N) is 1. The smallest absolute Gasteiger partial charge is 0.191 e. The molecule has 0 amide bonds. The maximum Gasteiger partial charge on any atom is 0.191 e.